The summed E-state index contributed by atoms with van der Waals surface area (Å²) in [6, 6.07) is 3.95. The van der Waals surface area contributed by atoms with Gasteiger partial charge in [0, 0.05) is 5.92 Å². The van der Waals surface area contributed by atoms with Gasteiger partial charge in [-0.2, -0.15) is 0 Å². The Morgan fingerprint density at radius 1 is 1.50 bits per heavy atom. The zero-order valence-electron chi connectivity index (χ0n) is 12.3. The van der Waals surface area contributed by atoms with Crippen molar-refractivity contribution in [1.82, 2.24) is 15.6 Å². The van der Waals surface area contributed by atoms with E-state index < -0.39 is 0 Å². The summed E-state index contributed by atoms with van der Waals surface area (Å²) in [5.74, 6) is 0.987. The Morgan fingerprint density at radius 3 is 3.14 bits per heavy atom. The van der Waals surface area contributed by atoms with E-state index in [0.29, 0.717) is 12.4 Å². The average Bonchev–Trinajstić information content (AvgIpc) is 2.96. The van der Waals surface area contributed by atoms with Gasteiger partial charge in [0.1, 0.15) is 6.26 Å². The van der Waals surface area contributed by atoms with Crippen LogP contribution in [-0.4, -0.2) is 24.0 Å². The minimum absolute atomic E-state index is 0.169. The largest absolute Gasteiger partial charge is 0.443 e. The summed E-state index contributed by atoms with van der Waals surface area (Å²) in [6.45, 7) is 2.52. The van der Waals surface area contributed by atoms with E-state index in [9.17, 15) is 4.79 Å². The van der Waals surface area contributed by atoms with Crippen LogP contribution in [0.5, 0.6) is 0 Å². The molecule has 1 amide bonds. The van der Waals surface area contributed by atoms with Crippen LogP contribution >= 0.6 is 11.3 Å². The summed E-state index contributed by atoms with van der Waals surface area (Å²) < 4.78 is 5.47. The van der Waals surface area contributed by atoms with Crippen LogP contribution in [-0.2, 0) is 11.3 Å². The van der Waals surface area contributed by atoms with E-state index in [4.69, 9.17) is 4.42 Å². The lowest BCUT2D eigenvalue weighted by atomic mass is 9.92. The third-order valence-electron chi connectivity index (χ3n) is 4.83. The predicted octanol–water partition coefficient (Wildman–Crippen LogP) is 2.41. The molecule has 1 saturated heterocycles. The van der Waals surface area contributed by atoms with Crippen molar-refractivity contribution >= 4 is 17.2 Å². The number of amides is 1. The van der Waals surface area contributed by atoms with E-state index in [1.165, 1.54) is 0 Å². The molecule has 2 aromatic rings. The molecule has 3 heterocycles. The smallest absolute Gasteiger partial charge is 0.236 e. The van der Waals surface area contributed by atoms with Gasteiger partial charge < -0.3 is 15.1 Å². The number of hydrogen-bond acceptors (Lipinski definition) is 5. The molecule has 116 valence electrons. The zero-order chi connectivity index (χ0) is 15.0. The summed E-state index contributed by atoms with van der Waals surface area (Å²) >= 11 is 1.59. The number of carbonyl (C=O) groups excluding carboxylic acids is 1. The fraction of sp³-hybridized carbons (Fsp3) is 0.500. The molecule has 1 saturated carbocycles. The monoisotopic (exact) mass is 317 g/mol. The highest BCUT2D eigenvalue weighted by Crippen LogP contribution is 2.58. The lowest BCUT2D eigenvalue weighted by Crippen LogP contribution is -2.33. The van der Waals surface area contributed by atoms with E-state index in [0.717, 1.165) is 42.9 Å². The number of aromatic nitrogens is 1. The van der Waals surface area contributed by atoms with Crippen LogP contribution in [0.2, 0.25) is 0 Å². The maximum Gasteiger partial charge on any atom is 0.236 e. The molecule has 1 aliphatic heterocycles. The molecule has 6 heteroatoms. The molecular formula is C16H19N3O2S. The molecule has 2 aliphatic rings. The lowest BCUT2D eigenvalue weighted by Gasteiger charge is -2.23. The van der Waals surface area contributed by atoms with Crippen LogP contribution in [0, 0.1) is 11.3 Å². The topological polar surface area (TPSA) is 67.2 Å². The summed E-state index contributed by atoms with van der Waals surface area (Å²) in [5.41, 5.74) is 1.05. The van der Waals surface area contributed by atoms with Gasteiger partial charge in [0.05, 0.1) is 17.1 Å². The second-order valence-electron chi connectivity index (χ2n) is 6.21. The van der Waals surface area contributed by atoms with Gasteiger partial charge in [-0.3, -0.25) is 4.79 Å². The summed E-state index contributed by atoms with van der Waals surface area (Å²) in [5, 5.41) is 8.37. The van der Waals surface area contributed by atoms with E-state index in [-0.39, 0.29) is 17.2 Å². The maximum atomic E-state index is 12.3. The molecule has 0 radical (unpaired) electrons. The van der Waals surface area contributed by atoms with E-state index in [1.807, 2.05) is 17.5 Å². The first kappa shape index (κ1) is 14.0. The highest BCUT2D eigenvalue weighted by atomic mass is 32.1. The van der Waals surface area contributed by atoms with Crippen molar-refractivity contribution in [2.45, 2.75) is 25.8 Å². The zero-order valence-corrected chi connectivity index (χ0v) is 13.1. The maximum absolute atomic E-state index is 12.3. The summed E-state index contributed by atoms with van der Waals surface area (Å²) in [7, 11) is 0. The normalized spacial score (nSPS) is 22.6. The van der Waals surface area contributed by atoms with Crippen molar-refractivity contribution in [2.24, 2.45) is 11.3 Å². The Balaban J connectivity index is 1.33. The highest BCUT2D eigenvalue weighted by molar-refractivity contribution is 7.13. The summed E-state index contributed by atoms with van der Waals surface area (Å²) in [4.78, 5) is 17.7. The van der Waals surface area contributed by atoms with Gasteiger partial charge in [0.15, 0.2) is 0 Å². The number of carbonyl (C=O) groups is 1. The van der Waals surface area contributed by atoms with Crippen LogP contribution in [0.3, 0.4) is 0 Å². The SMILES string of the molecule is O=C(NCc1coc(-c2cccs2)n1)C1CC12CCNCC2. The number of piperidine rings is 1. The fourth-order valence-electron chi connectivity index (χ4n) is 3.40. The molecule has 1 aliphatic carbocycles. The van der Waals surface area contributed by atoms with E-state index in [2.05, 4.69) is 15.6 Å². The first-order valence-corrected chi connectivity index (χ1v) is 8.62. The molecule has 22 heavy (non-hydrogen) atoms. The van der Waals surface area contributed by atoms with Gasteiger partial charge in [-0.15, -0.1) is 11.3 Å². The highest BCUT2D eigenvalue weighted by Gasteiger charge is 2.57. The predicted molar refractivity (Wildman–Crippen MR) is 84.3 cm³/mol. The van der Waals surface area contributed by atoms with Gasteiger partial charge in [0.25, 0.3) is 0 Å². The second-order valence-corrected chi connectivity index (χ2v) is 7.16. The van der Waals surface area contributed by atoms with Crippen molar-refractivity contribution in [3.63, 3.8) is 0 Å². The molecule has 1 unspecified atom stereocenters. The van der Waals surface area contributed by atoms with Gasteiger partial charge in [-0.25, -0.2) is 4.98 Å². The lowest BCUT2D eigenvalue weighted by molar-refractivity contribution is -0.123. The van der Waals surface area contributed by atoms with Crippen LogP contribution in [0.4, 0.5) is 0 Å². The fourth-order valence-corrected chi connectivity index (χ4v) is 4.05. The minimum atomic E-state index is 0.169. The van der Waals surface area contributed by atoms with Crippen molar-refractivity contribution in [3.8, 4) is 10.8 Å². The van der Waals surface area contributed by atoms with Gasteiger partial charge in [-0.1, -0.05) is 6.07 Å². The minimum Gasteiger partial charge on any atom is -0.443 e. The van der Waals surface area contributed by atoms with Gasteiger partial charge in [0.2, 0.25) is 11.8 Å². The van der Waals surface area contributed by atoms with Crippen LogP contribution in [0.25, 0.3) is 10.8 Å². The molecule has 2 aromatic heterocycles. The number of hydrogen-bond donors (Lipinski definition) is 2. The number of rotatable bonds is 4. The standard InChI is InChI=1S/C16H19N3O2S/c20-14(12-8-16(12)3-5-17-6-4-16)18-9-11-10-21-15(19-11)13-2-1-7-22-13/h1-2,7,10,12,17H,3-6,8-9H2,(H,18,20). The molecular weight excluding hydrogens is 298 g/mol. The Morgan fingerprint density at radius 2 is 2.36 bits per heavy atom. The molecule has 0 aromatic carbocycles. The van der Waals surface area contributed by atoms with Crippen molar-refractivity contribution < 1.29 is 9.21 Å². The third kappa shape index (κ3) is 2.57. The van der Waals surface area contributed by atoms with E-state index >= 15 is 0 Å². The number of thiophene rings is 1. The van der Waals surface area contributed by atoms with Gasteiger partial charge in [-0.05, 0) is 49.2 Å². The molecule has 2 fully saturated rings. The van der Waals surface area contributed by atoms with Crippen molar-refractivity contribution in [1.29, 1.82) is 0 Å². The van der Waals surface area contributed by atoms with Crippen molar-refractivity contribution in [3.05, 3.63) is 29.5 Å². The number of nitrogens with one attached hydrogen (secondary N) is 2. The Kier molecular flexibility index (Phi) is 3.50. The quantitative estimate of drug-likeness (QED) is 0.909. The number of oxazole rings is 1. The first-order chi connectivity index (χ1) is 10.8. The Bertz CT molecular complexity index is 659. The molecule has 1 spiro atoms. The van der Waals surface area contributed by atoms with Crippen LogP contribution in [0.1, 0.15) is 25.0 Å². The molecule has 1 atom stereocenters. The first-order valence-electron chi connectivity index (χ1n) is 7.74. The Hall–Kier alpha value is -1.66. The average molecular weight is 317 g/mol. The van der Waals surface area contributed by atoms with Gasteiger partial charge >= 0.3 is 0 Å². The Labute approximate surface area is 133 Å². The molecule has 5 nitrogen and oxygen atoms in total. The van der Waals surface area contributed by atoms with Crippen LogP contribution in [0.15, 0.2) is 28.2 Å². The van der Waals surface area contributed by atoms with Crippen LogP contribution < -0.4 is 10.6 Å². The van der Waals surface area contributed by atoms with Crippen molar-refractivity contribution in [2.75, 3.05) is 13.1 Å². The number of nitrogens with zero attached hydrogens (tertiary/aromatic N) is 1. The molecule has 2 N–H and O–H groups in total. The van der Waals surface area contributed by atoms with E-state index in [1.54, 1.807) is 17.6 Å². The second kappa shape index (κ2) is 5.52. The summed E-state index contributed by atoms with van der Waals surface area (Å²) in [6.07, 6.45) is 4.91. The third-order valence-corrected chi connectivity index (χ3v) is 5.69. The molecule has 4 rings (SSSR count). The molecule has 0 bridgehead atoms.